The van der Waals surface area contributed by atoms with Crippen LogP contribution in [0.5, 0.6) is 11.5 Å². The predicted molar refractivity (Wildman–Crippen MR) is 220 cm³/mol. The molecule has 1 fully saturated rings. The summed E-state index contributed by atoms with van der Waals surface area (Å²) in [5, 5.41) is 0. The lowest BCUT2D eigenvalue weighted by molar-refractivity contribution is -0.141. The Bertz CT molecular complexity index is 1780. The molecule has 3 aliphatic heterocycles. The van der Waals surface area contributed by atoms with Crippen LogP contribution in [-0.2, 0) is 34.0 Å². The van der Waals surface area contributed by atoms with Gasteiger partial charge in [0.2, 0.25) is 11.8 Å². The minimum atomic E-state index is -4.51. The van der Waals surface area contributed by atoms with Crippen LogP contribution in [0.2, 0.25) is 0 Å². The molecule has 2 aromatic carbocycles. The van der Waals surface area contributed by atoms with Crippen molar-refractivity contribution in [3.05, 3.63) is 65.1 Å². The summed E-state index contributed by atoms with van der Waals surface area (Å²) >= 11 is 5.70. The molecule has 0 aliphatic carbocycles. The Morgan fingerprint density at radius 1 is 0.702 bits per heavy atom. The predicted octanol–water partition coefficient (Wildman–Crippen LogP) is 8.46. The molecule has 4 heterocycles. The monoisotopic (exact) mass is 814 g/mol. The quantitative estimate of drug-likeness (QED) is 0.118. The molecule has 10 nitrogen and oxygen atoms in total. The third kappa shape index (κ3) is 11.5. The number of fused-ring (bicyclic) bond motifs is 2. The Morgan fingerprint density at radius 2 is 1.21 bits per heavy atom. The number of benzene rings is 2. The van der Waals surface area contributed by atoms with E-state index in [1.54, 1.807) is 0 Å². The number of hydrogen-bond donors (Lipinski definition) is 0. The molecule has 0 N–H and O–H groups in total. The van der Waals surface area contributed by atoms with Crippen LogP contribution >= 0.6 is 11.6 Å². The Morgan fingerprint density at radius 3 is 1.68 bits per heavy atom. The van der Waals surface area contributed by atoms with Gasteiger partial charge in [0.1, 0.15) is 28.8 Å². The number of anilines is 3. The number of amides is 2. The van der Waals surface area contributed by atoms with Gasteiger partial charge in [-0.3, -0.25) is 14.5 Å². The largest absolute Gasteiger partial charge is 0.494 e. The van der Waals surface area contributed by atoms with Gasteiger partial charge < -0.3 is 24.2 Å². The molecule has 0 spiro atoms. The molecule has 0 saturated carbocycles. The van der Waals surface area contributed by atoms with Gasteiger partial charge in [-0.2, -0.15) is 13.2 Å². The molecule has 6 rings (SSSR count). The van der Waals surface area contributed by atoms with E-state index in [0.717, 1.165) is 98.4 Å². The van der Waals surface area contributed by atoms with Crippen molar-refractivity contribution in [1.29, 1.82) is 0 Å². The van der Waals surface area contributed by atoms with E-state index in [-0.39, 0.29) is 17.6 Å². The highest BCUT2D eigenvalue weighted by molar-refractivity contribution is 6.17. The highest BCUT2D eigenvalue weighted by Crippen LogP contribution is 2.37. The number of carbonyl (C=O) groups is 2. The summed E-state index contributed by atoms with van der Waals surface area (Å²) in [6.45, 7) is 15.6. The van der Waals surface area contributed by atoms with Crippen molar-refractivity contribution in [2.24, 2.45) is 0 Å². The number of piperazine rings is 1. The van der Waals surface area contributed by atoms with Crippen molar-refractivity contribution in [2.45, 2.75) is 97.6 Å². The van der Waals surface area contributed by atoms with E-state index in [4.69, 9.17) is 21.1 Å². The lowest BCUT2D eigenvalue weighted by atomic mass is 9.95. The maximum absolute atomic E-state index is 13.5. The van der Waals surface area contributed by atoms with Gasteiger partial charge in [-0.05, 0) is 83.2 Å². The summed E-state index contributed by atoms with van der Waals surface area (Å²) in [4.78, 5) is 41.0. The number of ether oxygens (including phenoxy) is 2. The van der Waals surface area contributed by atoms with Crippen molar-refractivity contribution in [3.63, 3.8) is 0 Å². The summed E-state index contributed by atoms with van der Waals surface area (Å²) < 4.78 is 51.9. The van der Waals surface area contributed by atoms with Gasteiger partial charge in [-0.15, -0.1) is 11.6 Å². The van der Waals surface area contributed by atoms with E-state index in [1.165, 1.54) is 0 Å². The third-order valence-electron chi connectivity index (χ3n) is 10.4. The summed E-state index contributed by atoms with van der Waals surface area (Å²) in [5.74, 6) is 3.31. The Balaban J connectivity index is 0.000000273. The smallest absolute Gasteiger partial charge is 0.433 e. The molecule has 312 valence electrons. The topological polar surface area (TPSA) is 91.3 Å². The zero-order chi connectivity index (χ0) is 41.2. The van der Waals surface area contributed by atoms with Gasteiger partial charge in [0.15, 0.2) is 0 Å². The Hall–Kier alpha value is -4.10. The first-order chi connectivity index (χ1) is 27.2. The standard InChI is InChI=1S/C28H38F3N5O2.C15H20ClNO2/c1-5-38-22-10-8-9-21-20(22)11-12-25(37)36(21)14-7-6-13-34-15-17-35(18-16-34)24-19-23(28(29,30)31)32-26(33-24)27(2,3)4;1-2-19-14-7-5-6-13-12(14)8-9-15(18)17(13)11-4-3-10-16/h8-10,19H,5-7,11-18H2,1-4H3;5-7H,2-4,8-11H2,1H3. The highest BCUT2D eigenvalue weighted by Gasteiger charge is 2.36. The second kappa shape index (κ2) is 20.0. The number of halogens is 4. The molecule has 2 amide bonds. The van der Waals surface area contributed by atoms with Crippen molar-refractivity contribution < 1.29 is 32.2 Å². The van der Waals surface area contributed by atoms with Gasteiger partial charge in [-0.25, -0.2) is 9.97 Å². The fourth-order valence-corrected chi connectivity index (χ4v) is 7.63. The molecule has 0 unspecified atom stereocenters. The normalized spacial score (nSPS) is 16.2. The van der Waals surface area contributed by atoms with E-state index in [2.05, 4.69) is 14.9 Å². The molecule has 0 radical (unpaired) electrons. The van der Waals surface area contributed by atoms with Gasteiger partial charge in [0, 0.05) is 80.6 Å². The number of hydrogen-bond acceptors (Lipinski definition) is 8. The van der Waals surface area contributed by atoms with E-state index in [0.29, 0.717) is 63.8 Å². The van der Waals surface area contributed by atoms with Crippen molar-refractivity contribution >= 4 is 40.6 Å². The number of carbonyl (C=O) groups excluding carboxylic acids is 2. The average molecular weight is 815 g/mol. The van der Waals surface area contributed by atoms with E-state index >= 15 is 0 Å². The number of alkyl halides is 4. The number of unbranched alkanes of at least 4 members (excludes halogenated alkanes) is 2. The average Bonchev–Trinajstić information content (AvgIpc) is 3.18. The first-order valence-corrected chi connectivity index (χ1v) is 20.9. The number of aromatic nitrogens is 2. The molecule has 57 heavy (non-hydrogen) atoms. The lowest BCUT2D eigenvalue weighted by Gasteiger charge is -2.36. The lowest BCUT2D eigenvalue weighted by Crippen LogP contribution is -2.47. The van der Waals surface area contributed by atoms with Crippen LogP contribution < -0.4 is 24.2 Å². The number of rotatable bonds is 14. The maximum Gasteiger partial charge on any atom is 0.433 e. The minimum absolute atomic E-state index is 0.150. The molecule has 3 aliphatic rings. The third-order valence-corrected chi connectivity index (χ3v) is 10.7. The van der Waals surface area contributed by atoms with E-state index < -0.39 is 17.3 Å². The molecule has 3 aromatic rings. The van der Waals surface area contributed by atoms with E-state index in [9.17, 15) is 22.8 Å². The van der Waals surface area contributed by atoms with Gasteiger partial charge >= 0.3 is 6.18 Å². The fraction of sp³-hybridized carbons (Fsp3) is 0.581. The Kier molecular flexibility index (Phi) is 15.5. The molecule has 0 atom stereocenters. The van der Waals surface area contributed by atoms with Crippen LogP contribution in [0.3, 0.4) is 0 Å². The van der Waals surface area contributed by atoms with Gasteiger partial charge in [0.05, 0.1) is 24.6 Å². The van der Waals surface area contributed by atoms with Gasteiger partial charge in [0.25, 0.3) is 0 Å². The molecular formula is C43H58ClF3N6O4. The summed E-state index contributed by atoms with van der Waals surface area (Å²) in [7, 11) is 0. The first kappa shape index (κ1) is 44.0. The van der Waals surface area contributed by atoms with Gasteiger partial charge in [-0.1, -0.05) is 32.9 Å². The van der Waals surface area contributed by atoms with Crippen molar-refractivity contribution in [1.82, 2.24) is 14.9 Å². The first-order valence-electron chi connectivity index (χ1n) is 20.3. The summed E-state index contributed by atoms with van der Waals surface area (Å²) in [6, 6.07) is 12.9. The zero-order valence-electron chi connectivity index (χ0n) is 34.1. The number of nitrogens with zero attached hydrogens (tertiary/aromatic N) is 6. The van der Waals surface area contributed by atoms with Crippen LogP contribution in [0, 0.1) is 0 Å². The fourth-order valence-electron chi connectivity index (χ4n) is 7.44. The molecule has 0 bridgehead atoms. The zero-order valence-corrected chi connectivity index (χ0v) is 34.9. The van der Waals surface area contributed by atoms with Crippen molar-refractivity contribution in [2.75, 3.05) is 79.6 Å². The van der Waals surface area contributed by atoms with Crippen molar-refractivity contribution in [3.8, 4) is 11.5 Å². The van der Waals surface area contributed by atoms with E-state index in [1.807, 2.05) is 85.7 Å². The summed E-state index contributed by atoms with van der Waals surface area (Å²) in [5.41, 5.74) is 2.76. The molecular weight excluding hydrogens is 757 g/mol. The van der Waals surface area contributed by atoms with Crippen LogP contribution in [0.4, 0.5) is 30.4 Å². The van der Waals surface area contributed by atoms with Crippen LogP contribution in [0.25, 0.3) is 0 Å². The second-order valence-electron chi connectivity index (χ2n) is 15.6. The van der Waals surface area contributed by atoms with Crippen LogP contribution in [-0.4, -0.2) is 91.6 Å². The second-order valence-corrected chi connectivity index (χ2v) is 16.0. The van der Waals surface area contributed by atoms with Crippen LogP contribution in [0.1, 0.15) is 95.8 Å². The molecule has 1 aromatic heterocycles. The minimum Gasteiger partial charge on any atom is -0.494 e. The Labute approximate surface area is 340 Å². The molecule has 14 heteroatoms. The highest BCUT2D eigenvalue weighted by atomic mass is 35.5. The SMILES string of the molecule is CCOc1cccc2c1CCC(=O)N2CCCCCl.CCOc1cccc2c1CCC(=O)N2CCCCN1CCN(c2cc(C(F)(F)F)nc(C(C)(C)C)n2)CC1. The summed E-state index contributed by atoms with van der Waals surface area (Å²) in [6.07, 6.45) is 1.71. The maximum atomic E-state index is 13.5. The van der Waals surface area contributed by atoms with Crippen LogP contribution in [0.15, 0.2) is 42.5 Å². The molecule has 1 saturated heterocycles.